The smallest absolute Gasteiger partial charge is 0.268 e. The van der Waals surface area contributed by atoms with E-state index in [0.29, 0.717) is 18.1 Å². The maximum atomic E-state index is 13.3. The summed E-state index contributed by atoms with van der Waals surface area (Å²) < 4.78 is 35.6. The molecule has 0 aliphatic carbocycles. The lowest BCUT2D eigenvalue weighted by atomic mass is 10.0. The highest BCUT2D eigenvalue weighted by Gasteiger charge is 2.25. The number of amides is 1. The monoisotopic (exact) mass is 473 g/mol. The van der Waals surface area contributed by atoms with Gasteiger partial charge in [-0.1, -0.05) is 42.5 Å². The Labute approximate surface area is 198 Å². The summed E-state index contributed by atoms with van der Waals surface area (Å²) in [7, 11) is -4.10. The number of carbonyl (C=O) groups excluding carboxylic acids is 1. The molecule has 0 atom stereocenters. The Bertz CT molecular complexity index is 1480. The number of nitrogens with zero attached hydrogens (tertiary/aromatic N) is 2. The van der Waals surface area contributed by atoms with Crippen molar-refractivity contribution in [2.45, 2.75) is 24.7 Å². The molecule has 7 nitrogen and oxygen atoms in total. The highest BCUT2D eigenvalue weighted by Crippen LogP contribution is 2.29. The van der Waals surface area contributed by atoms with Crippen LogP contribution in [0.3, 0.4) is 0 Å². The van der Waals surface area contributed by atoms with Crippen molar-refractivity contribution in [1.29, 1.82) is 0 Å². The second kappa shape index (κ2) is 8.79. The number of aromatic nitrogens is 2. The van der Waals surface area contributed by atoms with Gasteiger partial charge < -0.3 is 4.74 Å². The van der Waals surface area contributed by atoms with Crippen LogP contribution in [0.25, 0.3) is 16.9 Å². The van der Waals surface area contributed by atoms with Crippen molar-refractivity contribution < 1.29 is 17.9 Å². The lowest BCUT2D eigenvalue weighted by molar-refractivity contribution is 0.0982. The van der Waals surface area contributed by atoms with Crippen LogP contribution in [0.4, 0.5) is 0 Å². The zero-order chi connectivity index (χ0) is 23.7. The molecule has 1 N–H and O–H groups in total. The van der Waals surface area contributed by atoms with Gasteiger partial charge in [0.05, 0.1) is 22.8 Å². The summed E-state index contributed by atoms with van der Waals surface area (Å²) >= 11 is 0. The Morgan fingerprint density at radius 3 is 2.59 bits per heavy atom. The van der Waals surface area contributed by atoms with Gasteiger partial charge in [0.15, 0.2) is 0 Å². The molecule has 1 amide bonds. The van der Waals surface area contributed by atoms with Gasteiger partial charge in [0, 0.05) is 11.8 Å². The molecule has 0 radical (unpaired) electrons. The number of nitrogens with one attached hydrogen (secondary N) is 1. The van der Waals surface area contributed by atoms with Gasteiger partial charge >= 0.3 is 0 Å². The molecule has 1 aliphatic rings. The van der Waals surface area contributed by atoms with E-state index in [0.717, 1.165) is 35.2 Å². The normalized spacial score (nSPS) is 13.1. The first-order valence-electron chi connectivity index (χ1n) is 11.0. The third kappa shape index (κ3) is 4.20. The standard InChI is InChI=1S/C26H23N3O4S/c1-18-8-5-6-12-22(18)25-23(17-29(27-25)20-10-3-2-4-11-20)26(30)28-34(31,32)21-13-14-24-19(16-21)9-7-15-33-24/h2-6,8,10-14,16-17H,7,9,15H2,1H3,(H,28,30). The van der Waals surface area contributed by atoms with Crippen LogP contribution in [0, 0.1) is 6.92 Å². The molecule has 1 aliphatic heterocycles. The van der Waals surface area contributed by atoms with Crippen LogP contribution in [-0.2, 0) is 16.4 Å². The summed E-state index contributed by atoms with van der Waals surface area (Å²) in [5.41, 5.74) is 3.84. The Morgan fingerprint density at radius 2 is 1.79 bits per heavy atom. The van der Waals surface area contributed by atoms with Gasteiger partial charge in [0.25, 0.3) is 15.9 Å². The zero-order valence-electron chi connectivity index (χ0n) is 18.6. The predicted molar refractivity (Wildman–Crippen MR) is 129 cm³/mol. The summed E-state index contributed by atoms with van der Waals surface area (Å²) in [6, 6.07) is 21.6. The number of para-hydroxylation sites is 1. The third-order valence-corrected chi connectivity index (χ3v) is 7.13. The van der Waals surface area contributed by atoms with E-state index < -0.39 is 15.9 Å². The molecule has 1 aromatic heterocycles. The van der Waals surface area contributed by atoms with Gasteiger partial charge in [-0.05, 0) is 61.2 Å². The van der Waals surface area contributed by atoms with Gasteiger partial charge in [-0.15, -0.1) is 0 Å². The average Bonchev–Trinajstić information content (AvgIpc) is 3.30. The number of carbonyl (C=O) groups is 1. The number of fused-ring (bicyclic) bond motifs is 1. The maximum absolute atomic E-state index is 13.3. The van der Waals surface area contributed by atoms with Crippen LogP contribution >= 0.6 is 0 Å². The number of rotatable bonds is 5. The van der Waals surface area contributed by atoms with Crippen molar-refractivity contribution >= 4 is 15.9 Å². The quantitative estimate of drug-likeness (QED) is 0.467. The minimum Gasteiger partial charge on any atom is -0.493 e. The minimum absolute atomic E-state index is 0.0259. The third-order valence-electron chi connectivity index (χ3n) is 5.80. The lowest BCUT2D eigenvalue weighted by Gasteiger charge is -2.18. The topological polar surface area (TPSA) is 90.3 Å². The molecule has 5 rings (SSSR count). The van der Waals surface area contributed by atoms with E-state index in [-0.39, 0.29) is 10.5 Å². The SMILES string of the molecule is Cc1ccccc1-c1nn(-c2ccccc2)cc1C(=O)NS(=O)(=O)c1ccc2c(c1)CCCO2. The fraction of sp³-hybridized carbons (Fsp3) is 0.154. The molecule has 0 fully saturated rings. The van der Waals surface area contributed by atoms with E-state index in [9.17, 15) is 13.2 Å². The summed E-state index contributed by atoms with van der Waals surface area (Å²) in [5.74, 6) is -0.0584. The number of hydrogen-bond acceptors (Lipinski definition) is 5. The highest BCUT2D eigenvalue weighted by atomic mass is 32.2. The zero-order valence-corrected chi connectivity index (χ0v) is 19.4. The van der Waals surface area contributed by atoms with Crippen molar-refractivity contribution in [3.05, 3.63) is 95.7 Å². The Kier molecular flexibility index (Phi) is 5.67. The molecule has 0 bridgehead atoms. The molecular weight excluding hydrogens is 450 g/mol. The molecule has 34 heavy (non-hydrogen) atoms. The van der Waals surface area contributed by atoms with E-state index in [4.69, 9.17) is 4.74 Å². The first kappa shape index (κ1) is 21.9. The molecule has 3 aromatic carbocycles. The van der Waals surface area contributed by atoms with Gasteiger partial charge in [0.1, 0.15) is 11.4 Å². The fourth-order valence-electron chi connectivity index (χ4n) is 4.03. The first-order valence-corrected chi connectivity index (χ1v) is 12.4. The lowest BCUT2D eigenvalue weighted by Crippen LogP contribution is -2.31. The molecule has 0 saturated carbocycles. The molecule has 2 heterocycles. The van der Waals surface area contributed by atoms with E-state index >= 15 is 0 Å². The van der Waals surface area contributed by atoms with Gasteiger partial charge in [0.2, 0.25) is 0 Å². The maximum Gasteiger partial charge on any atom is 0.268 e. The van der Waals surface area contributed by atoms with E-state index in [1.807, 2.05) is 61.5 Å². The molecule has 172 valence electrons. The van der Waals surface area contributed by atoms with Crippen molar-refractivity contribution in [2.24, 2.45) is 0 Å². The fourth-order valence-corrected chi connectivity index (χ4v) is 5.05. The first-order chi connectivity index (χ1) is 16.4. The number of aryl methyl sites for hydroxylation is 2. The van der Waals surface area contributed by atoms with Gasteiger partial charge in [-0.25, -0.2) is 17.8 Å². The summed E-state index contributed by atoms with van der Waals surface area (Å²) in [5, 5.41) is 4.64. The largest absolute Gasteiger partial charge is 0.493 e. The number of hydrogen-bond donors (Lipinski definition) is 1. The second-order valence-electron chi connectivity index (χ2n) is 8.14. The average molecular weight is 474 g/mol. The van der Waals surface area contributed by atoms with Crippen molar-refractivity contribution in [3.63, 3.8) is 0 Å². The van der Waals surface area contributed by atoms with Gasteiger partial charge in [-0.3, -0.25) is 4.79 Å². The summed E-state index contributed by atoms with van der Waals surface area (Å²) in [4.78, 5) is 13.3. The Hall–Kier alpha value is -3.91. The van der Waals surface area contributed by atoms with Crippen LogP contribution < -0.4 is 9.46 Å². The second-order valence-corrected chi connectivity index (χ2v) is 9.82. The minimum atomic E-state index is -4.10. The van der Waals surface area contributed by atoms with Crippen LogP contribution in [0.1, 0.15) is 27.9 Å². The predicted octanol–water partition coefficient (Wildman–Crippen LogP) is 4.29. The molecule has 0 saturated heterocycles. The molecule has 8 heteroatoms. The molecular formula is C26H23N3O4S. The number of sulfonamides is 1. The van der Waals surface area contributed by atoms with Crippen LogP contribution in [0.5, 0.6) is 5.75 Å². The Morgan fingerprint density at radius 1 is 1.03 bits per heavy atom. The number of ether oxygens (including phenoxy) is 1. The van der Waals surface area contributed by atoms with Gasteiger partial charge in [-0.2, -0.15) is 5.10 Å². The van der Waals surface area contributed by atoms with Crippen LogP contribution in [-0.4, -0.2) is 30.7 Å². The Balaban J connectivity index is 1.53. The molecule has 0 unspecified atom stereocenters. The molecule has 4 aromatic rings. The summed E-state index contributed by atoms with van der Waals surface area (Å²) in [6.45, 7) is 2.54. The van der Waals surface area contributed by atoms with E-state index in [2.05, 4.69) is 9.82 Å². The van der Waals surface area contributed by atoms with E-state index in [1.165, 1.54) is 6.07 Å². The van der Waals surface area contributed by atoms with Crippen LogP contribution in [0.2, 0.25) is 0 Å². The molecule has 0 spiro atoms. The van der Waals surface area contributed by atoms with Crippen molar-refractivity contribution in [3.8, 4) is 22.7 Å². The van der Waals surface area contributed by atoms with Crippen molar-refractivity contribution in [1.82, 2.24) is 14.5 Å². The van der Waals surface area contributed by atoms with Crippen molar-refractivity contribution in [2.75, 3.05) is 6.61 Å². The van der Waals surface area contributed by atoms with Crippen LogP contribution in [0.15, 0.2) is 83.9 Å². The number of benzene rings is 3. The van der Waals surface area contributed by atoms with E-state index in [1.54, 1.807) is 23.0 Å². The highest BCUT2D eigenvalue weighted by molar-refractivity contribution is 7.90. The summed E-state index contributed by atoms with van der Waals surface area (Å²) in [6.07, 6.45) is 3.11.